The number of hydrogen-bond donors (Lipinski definition) is 1. The van der Waals surface area contributed by atoms with Crippen molar-refractivity contribution in [2.75, 3.05) is 20.2 Å². The van der Waals surface area contributed by atoms with Gasteiger partial charge in [0.05, 0.1) is 6.54 Å². The lowest BCUT2D eigenvalue weighted by Crippen LogP contribution is -2.52. The molecule has 0 radical (unpaired) electrons. The van der Waals surface area contributed by atoms with Crippen LogP contribution in [0.5, 0.6) is 11.5 Å². The first-order chi connectivity index (χ1) is 13.5. The van der Waals surface area contributed by atoms with Crippen molar-refractivity contribution in [3.63, 3.8) is 0 Å². The third-order valence-electron chi connectivity index (χ3n) is 4.68. The molecule has 2 aromatic rings. The number of likely N-dealkylation sites (N-methyl/N-ethyl adjacent to an activating group) is 1. The predicted molar refractivity (Wildman–Crippen MR) is 107 cm³/mol. The summed E-state index contributed by atoms with van der Waals surface area (Å²) in [5.74, 6) is 0.932. The molecule has 0 unspecified atom stereocenters. The number of fused-ring (bicyclic) bond motifs is 1. The lowest BCUT2D eigenvalue weighted by atomic mass is 10.0. The zero-order valence-corrected chi connectivity index (χ0v) is 16.4. The molecule has 6 heteroatoms. The Balaban J connectivity index is 1.62. The van der Waals surface area contributed by atoms with Crippen LogP contribution in [-0.4, -0.2) is 49.1 Å². The second-order valence-electron chi connectivity index (χ2n) is 7.28. The van der Waals surface area contributed by atoms with Crippen LogP contribution < -0.4 is 14.8 Å². The number of nitrogens with zero attached hydrogens (tertiary/aromatic N) is 1. The molecule has 148 valence electrons. The van der Waals surface area contributed by atoms with Crippen molar-refractivity contribution in [2.45, 2.75) is 26.0 Å². The maximum absolute atomic E-state index is 13.0. The number of para-hydroxylation sites is 2. The van der Waals surface area contributed by atoms with Crippen LogP contribution in [0.25, 0.3) is 0 Å². The summed E-state index contributed by atoms with van der Waals surface area (Å²) in [6.07, 6.45) is -0.263. The smallest absolute Gasteiger partial charge is 0.251 e. The molecule has 1 N–H and O–H groups in total. The molecule has 1 heterocycles. The molecular weight excluding hydrogens is 356 g/mol. The Morgan fingerprint density at radius 3 is 2.39 bits per heavy atom. The molecule has 3 rings (SSSR count). The van der Waals surface area contributed by atoms with Gasteiger partial charge in [-0.15, -0.1) is 0 Å². The minimum atomic E-state index is -0.616. The Morgan fingerprint density at radius 1 is 1.07 bits per heavy atom. The van der Waals surface area contributed by atoms with Crippen molar-refractivity contribution in [3.8, 4) is 11.5 Å². The van der Waals surface area contributed by atoms with Crippen molar-refractivity contribution in [1.29, 1.82) is 0 Å². The summed E-state index contributed by atoms with van der Waals surface area (Å²) >= 11 is 0. The van der Waals surface area contributed by atoms with E-state index < -0.39 is 6.04 Å². The Bertz CT molecular complexity index is 822. The van der Waals surface area contributed by atoms with Gasteiger partial charge in [-0.25, -0.2) is 0 Å². The number of hydrogen-bond acceptors (Lipinski definition) is 4. The summed E-state index contributed by atoms with van der Waals surface area (Å²) in [7, 11) is 1.72. The molecule has 2 aromatic carbocycles. The van der Waals surface area contributed by atoms with E-state index in [1.807, 2.05) is 44.2 Å². The summed E-state index contributed by atoms with van der Waals surface area (Å²) in [5, 5.41) is 2.86. The molecule has 0 saturated carbocycles. The van der Waals surface area contributed by atoms with Crippen LogP contribution in [0.4, 0.5) is 0 Å². The van der Waals surface area contributed by atoms with Crippen LogP contribution in [0.2, 0.25) is 0 Å². The van der Waals surface area contributed by atoms with Crippen LogP contribution >= 0.6 is 0 Å². The van der Waals surface area contributed by atoms with E-state index in [2.05, 4.69) is 5.32 Å². The van der Waals surface area contributed by atoms with Crippen molar-refractivity contribution in [3.05, 3.63) is 60.2 Å². The highest BCUT2D eigenvalue weighted by atomic mass is 16.6. The Morgan fingerprint density at radius 2 is 1.71 bits per heavy atom. The van der Waals surface area contributed by atoms with E-state index >= 15 is 0 Å². The van der Waals surface area contributed by atoms with E-state index in [9.17, 15) is 9.59 Å². The molecule has 28 heavy (non-hydrogen) atoms. The second-order valence-corrected chi connectivity index (χ2v) is 7.28. The first-order valence-electron chi connectivity index (χ1n) is 9.45. The Labute approximate surface area is 165 Å². The Hall–Kier alpha value is -3.02. The standard InChI is InChI=1S/C22H26N2O4/c1-15(2)20(23-21(25)16-9-5-4-6-10-16)22(26)24(3)13-17-14-27-18-11-7-8-12-19(18)28-17/h4-12,15,17,20H,13-14H2,1-3H3,(H,23,25)/t17-,20-/m1/s1. The summed E-state index contributed by atoms with van der Waals surface area (Å²) in [6.45, 7) is 4.57. The van der Waals surface area contributed by atoms with E-state index in [1.165, 1.54) is 0 Å². The maximum Gasteiger partial charge on any atom is 0.251 e. The molecule has 1 aliphatic heterocycles. The molecule has 0 aromatic heterocycles. The van der Waals surface area contributed by atoms with Gasteiger partial charge in [-0.2, -0.15) is 0 Å². The number of amides is 2. The topological polar surface area (TPSA) is 67.9 Å². The highest BCUT2D eigenvalue weighted by Crippen LogP contribution is 2.31. The molecular formula is C22H26N2O4. The van der Waals surface area contributed by atoms with Crippen molar-refractivity contribution >= 4 is 11.8 Å². The molecule has 2 amide bonds. The van der Waals surface area contributed by atoms with E-state index in [4.69, 9.17) is 9.47 Å². The van der Waals surface area contributed by atoms with Crippen LogP contribution in [0.15, 0.2) is 54.6 Å². The second kappa shape index (κ2) is 8.78. The number of ether oxygens (including phenoxy) is 2. The van der Waals surface area contributed by atoms with Gasteiger partial charge in [-0.1, -0.05) is 44.2 Å². The highest BCUT2D eigenvalue weighted by Gasteiger charge is 2.30. The average Bonchev–Trinajstić information content (AvgIpc) is 2.71. The van der Waals surface area contributed by atoms with Gasteiger partial charge in [0.25, 0.3) is 5.91 Å². The number of carbonyl (C=O) groups is 2. The third kappa shape index (κ3) is 4.63. The minimum Gasteiger partial charge on any atom is -0.486 e. The molecule has 0 bridgehead atoms. The van der Waals surface area contributed by atoms with Crippen molar-refractivity contribution in [1.82, 2.24) is 10.2 Å². The fourth-order valence-electron chi connectivity index (χ4n) is 3.11. The minimum absolute atomic E-state index is 0.0492. The van der Waals surface area contributed by atoms with Gasteiger partial charge >= 0.3 is 0 Å². The monoisotopic (exact) mass is 382 g/mol. The quantitative estimate of drug-likeness (QED) is 0.834. The number of carbonyl (C=O) groups excluding carboxylic acids is 2. The molecule has 2 atom stereocenters. The van der Waals surface area contributed by atoms with Gasteiger partial charge in [0.15, 0.2) is 17.6 Å². The normalized spacial score (nSPS) is 16.4. The lowest BCUT2D eigenvalue weighted by molar-refractivity contribution is -0.134. The molecule has 0 fully saturated rings. The first-order valence-corrected chi connectivity index (χ1v) is 9.45. The molecule has 1 aliphatic rings. The zero-order valence-electron chi connectivity index (χ0n) is 16.4. The van der Waals surface area contributed by atoms with E-state index in [1.54, 1.807) is 36.2 Å². The predicted octanol–water partition coefficient (Wildman–Crippen LogP) is 2.74. The lowest BCUT2D eigenvalue weighted by Gasteiger charge is -2.32. The molecule has 6 nitrogen and oxygen atoms in total. The maximum atomic E-state index is 13.0. The van der Waals surface area contributed by atoms with E-state index in [0.717, 1.165) is 0 Å². The third-order valence-corrected chi connectivity index (χ3v) is 4.68. The summed E-state index contributed by atoms with van der Waals surface area (Å²) < 4.78 is 11.7. The summed E-state index contributed by atoms with van der Waals surface area (Å²) in [6, 6.07) is 15.8. The fourth-order valence-corrected chi connectivity index (χ4v) is 3.11. The molecule has 0 aliphatic carbocycles. The van der Waals surface area contributed by atoms with Gasteiger partial charge in [0.2, 0.25) is 5.91 Å². The fraction of sp³-hybridized carbons (Fsp3) is 0.364. The highest BCUT2D eigenvalue weighted by molar-refractivity contribution is 5.97. The van der Waals surface area contributed by atoms with Crippen molar-refractivity contribution < 1.29 is 19.1 Å². The number of benzene rings is 2. The first kappa shape index (κ1) is 19.7. The molecule has 0 spiro atoms. The van der Waals surface area contributed by atoms with Gasteiger partial charge in [-0.3, -0.25) is 9.59 Å². The van der Waals surface area contributed by atoms with Gasteiger partial charge in [0, 0.05) is 12.6 Å². The molecule has 0 saturated heterocycles. The SMILES string of the molecule is CC(C)[C@@H](NC(=O)c1ccccc1)C(=O)N(C)C[C@@H]1COc2ccccc2O1. The average molecular weight is 382 g/mol. The van der Waals surface area contributed by atoms with Crippen LogP contribution in [-0.2, 0) is 4.79 Å². The van der Waals surface area contributed by atoms with E-state index in [-0.39, 0.29) is 23.8 Å². The van der Waals surface area contributed by atoms with Crippen LogP contribution in [0.1, 0.15) is 24.2 Å². The number of rotatable bonds is 6. The largest absolute Gasteiger partial charge is 0.486 e. The summed E-state index contributed by atoms with van der Waals surface area (Å²) in [4.78, 5) is 27.1. The summed E-state index contributed by atoms with van der Waals surface area (Å²) in [5.41, 5.74) is 0.532. The van der Waals surface area contributed by atoms with Crippen molar-refractivity contribution in [2.24, 2.45) is 5.92 Å². The van der Waals surface area contributed by atoms with E-state index in [0.29, 0.717) is 30.2 Å². The van der Waals surface area contributed by atoms with Crippen LogP contribution in [0, 0.1) is 5.92 Å². The van der Waals surface area contributed by atoms with Gasteiger partial charge < -0.3 is 19.7 Å². The zero-order chi connectivity index (χ0) is 20.1. The van der Waals surface area contributed by atoms with Gasteiger partial charge in [-0.05, 0) is 30.2 Å². The number of nitrogens with one attached hydrogen (secondary N) is 1. The Kier molecular flexibility index (Phi) is 6.19. The van der Waals surface area contributed by atoms with Gasteiger partial charge in [0.1, 0.15) is 12.6 Å². The van der Waals surface area contributed by atoms with Crippen LogP contribution in [0.3, 0.4) is 0 Å².